The summed E-state index contributed by atoms with van der Waals surface area (Å²) in [6.45, 7) is 8.28. The van der Waals surface area contributed by atoms with Crippen LogP contribution in [0.2, 0.25) is 0 Å². The predicted octanol–water partition coefficient (Wildman–Crippen LogP) is 2.09. The van der Waals surface area contributed by atoms with Crippen LogP contribution in [-0.4, -0.2) is 72.3 Å². The lowest BCUT2D eigenvalue weighted by Gasteiger charge is -2.36. The van der Waals surface area contributed by atoms with Gasteiger partial charge in [0.05, 0.1) is 6.54 Å². The van der Waals surface area contributed by atoms with Crippen molar-refractivity contribution in [3.05, 3.63) is 35.6 Å². The maximum Gasteiger partial charge on any atom is 0.320 e. The minimum Gasteiger partial charge on any atom is -0.325 e. The van der Waals surface area contributed by atoms with Crippen molar-refractivity contribution in [2.75, 3.05) is 45.8 Å². The highest BCUT2D eigenvalue weighted by Gasteiger charge is 2.24. The number of carbonyl (C=O) groups is 2. The number of piperazine rings is 1. The molecule has 23 heavy (non-hydrogen) atoms. The SMILES string of the molecule is CCN(CC)C(=O)N1CCN(CC(=O)c2ccc(F)cc2)CC1. The Hall–Kier alpha value is -1.95. The van der Waals surface area contributed by atoms with Crippen molar-refractivity contribution in [3.8, 4) is 0 Å². The molecule has 0 aliphatic carbocycles. The Morgan fingerprint density at radius 1 is 1.04 bits per heavy atom. The number of Topliss-reactive ketones (excluding diaryl/α,β-unsaturated/α-hetero) is 1. The van der Waals surface area contributed by atoms with Crippen molar-refractivity contribution in [2.24, 2.45) is 0 Å². The summed E-state index contributed by atoms with van der Waals surface area (Å²) in [6, 6.07) is 5.69. The number of nitrogens with zero attached hydrogens (tertiary/aromatic N) is 3. The largest absolute Gasteiger partial charge is 0.325 e. The zero-order valence-corrected chi connectivity index (χ0v) is 13.8. The Morgan fingerprint density at radius 3 is 2.13 bits per heavy atom. The molecule has 0 N–H and O–H groups in total. The summed E-state index contributed by atoms with van der Waals surface area (Å²) in [7, 11) is 0. The molecule has 2 amide bonds. The lowest BCUT2D eigenvalue weighted by atomic mass is 10.1. The molecule has 0 atom stereocenters. The first-order chi connectivity index (χ1) is 11.0. The Bertz CT molecular complexity index is 535. The zero-order valence-electron chi connectivity index (χ0n) is 13.8. The summed E-state index contributed by atoms with van der Waals surface area (Å²) in [4.78, 5) is 30.1. The van der Waals surface area contributed by atoms with Gasteiger partial charge in [0.1, 0.15) is 5.82 Å². The van der Waals surface area contributed by atoms with Crippen molar-refractivity contribution in [3.63, 3.8) is 0 Å². The van der Waals surface area contributed by atoms with Crippen LogP contribution in [0.25, 0.3) is 0 Å². The molecule has 5 nitrogen and oxygen atoms in total. The lowest BCUT2D eigenvalue weighted by molar-refractivity contribution is 0.0853. The minimum atomic E-state index is -0.343. The van der Waals surface area contributed by atoms with Crippen molar-refractivity contribution in [1.29, 1.82) is 0 Å². The van der Waals surface area contributed by atoms with Crippen LogP contribution in [-0.2, 0) is 0 Å². The molecule has 0 spiro atoms. The fourth-order valence-corrected chi connectivity index (χ4v) is 2.72. The molecule has 1 fully saturated rings. The molecule has 0 unspecified atom stereocenters. The van der Waals surface area contributed by atoms with Crippen molar-refractivity contribution >= 4 is 11.8 Å². The molecule has 1 heterocycles. The summed E-state index contributed by atoms with van der Waals surface area (Å²) in [5, 5.41) is 0. The van der Waals surface area contributed by atoms with Gasteiger partial charge in [-0.25, -0.2) is 9.18 Å². The molecule has 1 aromatic rings. The molecule has 0 radical (unpaired) electrons. The molecule has 0 aromatic heterocycles. The molecule has 1 aromatic carbocycles. The van der Waals surface area contributed by atoms with Gasteiger partial charge in [-0.15, -0.1) is 0 Å². The number of amides is 2. The second-order valence-electron chi connectivity index (χ2n) is 5.65. The molecule has 6 heteroatoms. The second kappa shape index (κ2) is 8.06. The van der Waals surface area contributed by atoms with Crippen molar-refractivity contribution in [2.45, 2.75) is 13.8 Å². The van der Waals surface area contributed by atoms with E-state index in [9.17, 15) is 14.0 Å². The van der Waals surface area contributed by atoms with E-state index in [1.807, 2.05) is 23.6 Å². The predicted molar refractivity (Wildman–Crippen MR) is 87.1 cm³/mol. The molecule has 2 rings (SSSR count). The monoisotopic (exact) mass is 321 g/mol. The van der Waals surface area contributed by atoms with Gasteiger partial charge in [0, 0.05) is 44.8 Å². The topological polar surface area (TPSA) is 43.9 Å². The highest BCUT2D eigenvalue weighted by atomic mass is 19.1. The van der Waals surface area contributed by atoms with Gasteiger partial charge in [-0.3, -0.25) is 9.69 Å². The van der Waals surface area contributed by atoms with Gasteiger partial charge in [-0.1, -0.05) is 0 Å². The van der Waals surface area contributed by atoms with E-state index in [4.69, 9.17) is 0 Å². The maximum atomic E-state index is 12.9. The first-order valence-corrected chi connectivity index (χ1v) is 8.10. The maximum absolute atomic E-state index is 12.9. The van der Waals surface area contributed by atoms with Crippen LogP contribution in [0.1, 0.15) is 24.2 Å². The molecule has 126 valence electrons. The Labute approximate surface area is 136 Å². The fraction of sp³-hybridized carbons (Fsp3) is 0.529. The summed E-state index contributed by atoms with van der Waals surface area (Å²) >= 11 is 0. The van der Waals surface area contributed by atoms with Crippen LogP contribution in [0.15, 0.2) is 24.3 Å². The number of urea groups is 1. The molecule has 1 aliphatic heterocycles. The fourth-order valence-electron chi connectivity index (χ4n) is 2.72. The number of ketones is 1. The average Bonchev–Trinajstić information content (AvgIpc) is 2.57. The highest BCUT2D eigenvalue weighted by Crippen LogP contribution is 2.09. The number of carbonyl (C=O) groups excluding carboxylic acids is 2. The van der Waals surface area contributed by atoms with E-state index in [1.165, 1.54) is 24.3 Å². The van der Waals surface area contributed by atoms with Crippen molar-refractivity contribution < 1.29 is 14.0 Å². The first-order valence-electron chi connectivity index (χ1n) is 8.10. The van der Waals surface area contributed by atoms with Crippen LogP contribution in [0.3, 0.4) is 0 Å². The Balaban J connectivity index is 1.83. The molecule has 0 bridgehead atoms. The van der Waals surface area contributed by atoms with Crippen molar-refractivity contribution in [1.82, 2.24) is 14.7 Å². The summed E-state index contributed by atoms with van der Waals surface area (Å²) in [6.07, 6.45) is 0. The van der Waals surface area contributed by atoms with Gasteiger partial charge in [0.2, 0.25) is 0 Å². The third-order valence-corrected chi connectivity index (χ3v) is 4.21. The standard InChI is InChI=1S/C17H24FN3O2/c1-3-20(4-2)17(23)21-11-9-19(10-12-21)13-16(22)14-5-7-15(18)8-6-14/h5-8H,3-4,9-13H2,1-2H3. The average molecular weight is 321 g/mol. The first kappa shape index (κ1) is 17.4. The number of hydrogen-bond acceptors (Lipinski definition) is 3. The van der Waals surface area contributed by atoms with E-state index >= 15 is 0 Å². The van der Waals surface area contributed by atoms with Gasteiger partial charge in [-0.05, 0) is 38.1 Å². The molecular formula is C17H24FN3O2. The van der Waals surface area contributed by atoms with Gasteiger partial charge in [0.25, 0.3) is 0 Å². The van der Waals surface area contributed by atoms with E-state index in [-0.39, 0.29) is 17.6 Å². The molecule has 0 saturated carbocycles. The Morgan fingerprint density at radius 2 is 1.61 bits per heavy atom. The number of benzene rings is 1. The smallest absolute Gasteiger partial charge is 0.320 e. The summed E-state index contributed by atoms with van der Waals surface area (Å²) < 4.78 is 12.9. The van der Waals surface area contributed by atoms with E-state index in [0.29, 0.717) is 51.4 Å². The molecule has 1 saturated heterocycles. The van der Waals surface area contributed by atoms with Gasteiger partial charge < -0.3 is 9.80 Å². The van der Waals surface area contributed by atoms with Gasteiger partial charge in [-0.2, -0.15) is 0 Å². The number of rotatable bonds is 5. The number of halogens is 1. The number of hydrogen-bond donors (Lipinski definition) is 0. The van der Waals surface area contributed by atoms with Crippen LogP contribution in [0.4, 0.5) is 9.18 Å². The normalized spacial score (nSPS) is 15.5. The van der Waals surface area contributed by atoms with Crippen LogP contribution in [0.5, 0.6) is 0 Å². The molecular weight excluding hydrogens is 297 g/mol. The van der Waals surface area contributed by atoms with E-state index in [2.05, 4.69) is 0 Å². The third-order valence-electron chi connectivity index (χ3n) is 4.21. The quantitative estimate of drug-likeness (QED) is 0.780. The van der Waals surface area contributed by atoms with E-state index < -0.39 is 0 Å². The van der Waals surface area contributed by atoms with Gasteiger partial charge in [0.15, 0.2) is 5.78 Å². The second-order valence-corrected chi connectivity index (χ2v) is 5.65. The Kier molecular flexibility index (Phi) is 6.10. The van der Waals surface area contributed by atoms with Crippen LogP contribution in [0, 0.1) is 5.82 Å². The highest BCUT2D eigenvalue weighted by molar-refractivity contribution is 5.97. The third kappa shape index (κ3) is 4.51. The van der Waals surface area contributed by atoms with Gasteiger partial charge >= 0.3 is 6.03 Å². The van der Waals surface area contributed by atoms with E-state index in [0.717, 1.165) is 0 Å². The zero-order chi connectivity index (χ0) is 16.8. The lowest BCUT2D eigenvalue weighted by Crippen LogP contribution is -2.53. The van der Waals surface area contributed by atoms with E-state index in [1.54, 1.807) is 4.90 Å². The minimum absolute atomic E-state index is 0.0199. The summed E-state index contributed by atoms with van der Waals surface area (Å²) in [5.41, 5.74) is 0.521. The summed E-state index contributed by atoms with van der Waals surface area (Å²) in [5.74, 6) is -0.362. The van der Waals surface area contributed by atoms with Crippen LogP contribution >= 0.6 is 0 Å². The van der Waals surface area contributed by atoms with Crippen LogP contribution < -0.4 is 0 Å². The molecule has 1 aliphatic rings.